The number of likely N-dealkylation sites (tertiary alicyclic amines) is 1. The molecule has 0 aliphatic carbocycles. The van der Waals surface area contributed by atoms with Gasteiger partial charge in [-0.1, -0.05) is 6.92 Å². The van der Waals surface area contributed by atoms with E-state index < -0.39 is 0 Å². The number of phenolic OH excluding ortho intramolecular Hbond substituents is 1. The zero-order valence-corrected chi connectivity index (χ0v) is 12.8. The third-order valence-electron chi connectivity index (χ3n) is 4.01. The predicted octanol–water partition coefficient (Wildman–Crippen LogP) is 1.86. The Morgan fingerprint density at radius 2 is 2.14 bits per heavy atom. The van der Waals surface area contributed by atoms with Crippen molar-refractivity contribution in [3.63, 3.8) is 0 Å². The Labute approximate surface area is 125 Å². The second kappa shape index (κ2) is 7.31. The fraction of sp³-hybridized carbons (Fsp3) is 0.562. The van der Waals surface area contributed by atoms with Gasteiger partial charge in [0.15, 0.2) is 11.5 Å². The van der Waals surface area contributed by atoms with E-state index in [-0.39, 0.29) is 11.7 Å². The van der Waals surface area contributed by atoms with Crippen LogP contribution in [0.5, 0.6) is 11.5 Å². The summed E-state index contributed by atoms with van der Waals surface area (Å²) in [5, 5.41) is 13.1. The van der Waals surface area contributed by atoms with Gasteiger partial charge in [-0.2, -0.15) is 0 Å². The molecule has 1 amide bonds. The van der Waals surface area contributed by atoms with Crippen molar-refractivity contribution in [1.29, 1.82) is 0 Å². The number of benzene rings is 1. The van der Waals surface area contributed by atoms with E-state index in [1.807, 2.05) is 4.90 Å². The van der Waals surface area contributed by atoms with Crippen LogP contribution in [0.1, 0.15) is 30.1 Å². The van der Waals surface area contributed by atoms with Gasteiger partial charge in [0.1, 0.15) is 0 Å². The van der Waals surface area contributed by atoms with Gasteiger partial charge < -0.3 is 20.1 Å². The molecule has 0 saturated carbocycles. The van der Waals surface area contributed by atoms with Crippen LogP contribution in [-0.4, -0.2) is 49.2 Å². The number of methoxy groups -OCH3 is 1. The second-order valence-electron chi connectivity index (χ2n) is 5.43. The summed E-state index contributed by atoms with van der Waals surface area (Å²) in [6.07, 6.45) is 2.06. The maximum atomic E-state index is 12.4. The third-order valence-corrected chi connectivity index (χ3v) is 4.01. The van der Waals surface area contributed by atoms with E-state index in [2.05, 4.69) is 12.2 Å². The van der Waals surface area contributed by atoms with Crippen molar-refractivity contribution in [2.24, 2.45) is 5.92 Å². The Kier molecular flexibility index (Phi) is 5.44. The molecule has 0 unspecified atom stereocenters. The molecule has 0 spiro atoms. The number of phenols is 1. The molecule has 0 aromatic heterocycles. The van der Waals surface area contributed by atoms with E-state index in [1.165, 1.54) is 13.2 Å². The first kappa shape index (κ1) is 15.6. The highest BCUT2D eigenvalue weighted by atomic mass is 16.5. The molecule has 1 heterocycles. The molecule has 21 heavy (non-hydrogen) atoms. The van der Waals surface area contributed by atoms with E-state index >= 15 is 0 Å². The number of carbonyl (C=O) groups is 1. The Bertz CT molecular complexity index is 482. The Morgan fingerprint density at radius 3 is 2.71 bits per heavy atom. The molecule has 1 aromatic rings. The van der Waals surface area contributed by atoms with Crippen LogP contribution < -0.4 is 10.1 Å². The molecular formula is C16H24N2O3. The van der Waals surface area contributed by atoms with E-state index in [0.29, 0.717) is 17.2 Å². The average Bonchev–Trinajstić information content (AvgIpc) is 2.52. The smallest absolute Gasteiger partial charge is 0.253 e. The largest absolute Gasteiger partial charge is 0.504 e. The minimum atomic E-state index is -0.0187. The molecule has 0 atom stereocenters. The fourth-order valence-corrected chi connectivity index (χ4v) is 2.69. The summed E-state index contributed by atoms with van der Waals surface area (Å²) in [7, 11) is 1.49. The van der Waals surface area contributed by atoms with Crippen LogP contribution in [0.25, 0.3) is 0 Å². The first-order chi connectivity index (χ1) is 10.2. The summed E-state index contributed by atoms with van der Waals surface area (Å²) in [5.74, 6) is 1.02. The number of rotatable bonds is 5. The Morgan fingerprint density at radius 1 is 1.43 bits per heavy atom. The number of amides is 1. The molecule has 1 saturated heterocycles. The van der Waals surface area contributed by atoms with E-state index in [9.17, 15) is 9.90 Å². The minimum absolute atomic E-state index is 0.00498. The molecule has 116 valence electrons. The van der Waals surface area contributed by atoms with Gasteiger partial charge >= 0.3 is 0 Å². The number of nitrogens with one attached hydrogen (secondary N) is 1. The van der Waals surface area contributed by atoms with E-state index in [0.717, 1.165) is 39.0 Å². The van der Waals surface area contributed by atoms with Gasteiger partial charge in [-0.15, -0.1) is 0 Å². The number of nitrogens with zero attached hydrogens (tertiary/aromatic N) is 1. The Balaban J connectivity index is 1.94. The lowest BCUT2D eigenvalue weighted by molar-refractivity contribution is 0.0690. The van der Waals surface area contributed by atoms with Crippen LogP contribution in [0.3, 0.4) is 0 Å². The van der Waals surface area contributed by atoms with Crippen LogP contribution >= 0.6 is 0 Å². The van der Waals surface area contributed by atoms with Gasteiger partial charge in [0.05, 0.1) is 7.11 Å². The topological polar surface area (TPSA) is 61.8 Å². The fourth-order valence-electron chi connectivity index (χ4n) is 2.69. The second-order valence-corrected chi connectivity index (χ2v) is 5.43. The van der Waals surface area contributed by atoms with Crippen LogP contribution in [0.2, 0.25) is 0 Å². The molecule has 1 aliphatic heterocycles. The lowest BCUT2D eigenvalue weighted by Gasteiger charge is -2.32. The molecule has 1 aliphatic rings. The van der Waals surface area contributed by atoms with E-state index in [1.54, 1.807) is 12.1 Å². The van der Waals surface area contributed by atoms with Gasteiger partial charge in [-0.05, 0) is 50.0 Å². The quantitative estimate of drug-likeness (QED) is 0.869. The molecule has 1 aromatic carbocycles. The molecule has 5 nitrogen and oxygen atoms in total. The van der Waals surface area contributed by atoms with E-state index in [4.69, 9.17) is 4.74 Å². The van der Waals surface area contributed by atoms with Crippen molar-refractivity contribution < 1.29 is 14.6 Å². The summed E-state index contributed by atoms with van der Waals surface area (Å²) in [4.78, 5) is 14.3. The summed E-state index contributed by atoms with van der Waals surface area (Å²) < 4.78 is 4.99. The molecule has 0 bridgehead atoms. The highest BCUT2D eigenvalue weighted by Gasteiger charge is 2.23. The zero-order chi connectivity index (χ0) is 15.2. The molecular weight excluding hydrogens is 268 g/mol. The molecule has 5 heteroatoms. The van der Waals surface area contributed by atoms with Crippen LogP contribution in [-0.2, 0) is 0 Å². The number of aromatic hydroxyl groups is 1. The van der Waals surface area contributed by atoms with Crippen molar-refractivity contribution in [1.82, 2.24) is 10.2 Å². The molecule has 2 N–H and O–H groups in total. The number of hydrogen-bond acceptors (Lipinski definition) is 4. The number of ether oxygens (including phenoxy) is 1. The summed E-state index contributed by atoms with van der Waals surface area (Å²) in [6, 6.07) is 4.80. The molecule has 0 radical (unpaired) electrons. The first-order valence-corrected chi connectivity index (χ1v) is 7.52. The SMILES string of the molecule is CCNCC1CCN(C(=O)c2ccc(OC)c(O)c2)CC1. The lowest BCUT2D eigenvalue weighted by Crippen LogP contribution is -2.40. The number of hydrogen-bond donors (Lipinski definition) is 2. The zero-order valence-electron chi connectivity index (χ0n) is 12.8. The normalized spacial score (nSPS) is 16.0. The third kappa shape index (κ3) is 3.88. The van der Waals surface area contributed by atoms with Crippen molar-refractivity contribution in [3.05, 3.63) is 23.8 Å². The van der Waals surface area contributed by atoms with Gasteiger partial charge in [0.2, 0.25) is 0 Å². The predicted molar refractivity (Wildman–Crippen MR) is 81.8 cm³/mol. The van der Waals surface area contributed by atoms with Gasteiger partial charge in [0, 0.05) is 18.7 Å². The highest BCUT2D eigenvalue weighted by Crippen LogP contribution is 2.27. The lowest BCUT2D eigenvalue weighted by atomic mass is 9.96. The number of carbonyl (C=O) groups excluding carboxylic acids is 1. The Hall–Kier alpha value is -1.75. The van der Waals surface area contributed by atoms with Gasteiger partial charge in [-0.3, -0.25) is 4.79 Å². The average molecular weight is 292 g/mol. The van der Waals surface area contributed by atoms with Crippen molar-refractivity contribution in [2.45, 2.75) is 19.8 Å². The first-order valence-electron chi connectivity index (χ1n) is 7.52. The van der Waals surface area contributed by atoms with Crippen molar-refractivity contribution in [2.75, 3.05) is 33.3 Å². The summed E-state index contributed by atoms with van der Waals surface area (Å²) in [6.45, 7) is 5.68. The van der Waals surface area contributed by atoms with Gasteiger partial charge in [-0.25, -0.2) is 0 Å². The maximum Gasteiger partial charge on any atom is 0.253 e. The molecule has 1 fully saturated rings. The van der Waals surface area contributed by atoms with Gasteiger partial charge in [0.25, 0.3) is 5.91 Å². The molecule has 2 rings (SSSR count). The van der Waals surface area contributed by atoms with Crippen molar-refractivity contribution in [3.8, 4) is 11.5 Å². The van der Waals surface area contributed by atoms with Crippen LogP contribution in [0.15, 0.2) is 18.2 Å². The maximum absolute atomic E-state index is 12.4. The highest BCUT2D eigenvalue weighted by molar-refractivity contribution is 5.95. The standard InChI is InChI=1S/C16H24N2O3/c1-3-17-11-12-6-8-18(9-7-12)16(20)13-4-5-15(21-2)14(19)10-13/h4-5,10,12,17,19H,3,6-9,11H2,1-2H3. The minimum Gasteiger partial charge on any atom is -0.504 e. The van der Waals surface area contributed by atoms with Crippen molar-refractivity contribution >= 4 is 5.91 Å². The van der Waals surface area contributed by atoms with Crippen LogP contribution in [0, 0.1) is 5.92 Å². The summed E-state index contributed by atoms with van der Waals surface area (Å²) >= 11 is 0. The monoisotopic (exact) mass is 292 g/mol. The summed E-state index contributed by atoms with van der Waals surface area (Å²) in [5.41, 5.74) is 0.512. The van der Waals surface area contributed by atoms with Crippen LogP contribution in [0.4, 0.5) is 0 Å². The number of piperidine rings is 1.